The van der Waals surface area contributed by atoms with Gasteiger partial charge in [0.05, 0.1) is 21.3 Å². The molecule has 0 atom stereocenters. The van der Waals surface area contributed by atoms with Crippen LogP contribution in [0.3, 0.4) is 0 Å². The highest BCUT2D eigenvalue weighted by Crippen LogP contribution is 2.37. The molecule has 0 spiro atoms. The van der Waals surface area contributed by atoms with Crippen molar-refractivity contribution in [2.75, 3.05) is 4.90 Å². The van der Waals surface area contributed by atoms with Crippen LogP contribution >= 0.6 is 34.8 Å². The van der Waals surface area contributed by atoms with E-state index in [1.54, 1.807) is 18.2 Å². The standard InChI is InChI=1S/C16H8Cl3NO3/c17-8-5-6-9(11(19)7-8)13-14(21)16(23)20(15(13)22)12-4-2-1-3-10(12)18/h1-7,21H. The predicted molar refractivity (Wildman–Crippen MR) is 90.0 cm³/mol. The van der Waals surface area contributed by atoms with E-state index in [2.05, 4.69) is 0 Å². The molecule has 1 aliphatic heterocycles. The Kier molecular flexibility index (Phi) is 4.06. The number of imide groups is 1. The maximum absolute atomic E-state index is 12.7. The lowest BCUT2D eigenvalue weighted by Crippen LogP contribution is -2.31. The predicted octanol–water partition coefficient (Wildman–Crippen LogP) is 4.49. The number of hydrogen-bond acceptors (Lipinski definition) is 3. The SMILES string of the molecule is O=C1C(O)=C(c2ccc(Cl)cc2Cl)C(=O)N1c1ccccc1Cl. The van der Waals surface area contributed by atoms with E-state index in [4.69, 9.17) is 34.8 Å². The van der Waals surface area contributed by atoms with Gasteiger partial charge in [-0.05, 0) is 24.3 Å². The first-order valence-electron chi connectivity index (χ1n) is 6.44. The van der Waals surface area contributed by atoms with Crippen LogP contribution in [0.15, 0.2) is 48.2 Å². The van der Waals surface area contributed by atoms with E-state index in [0.717, 1.165) is 4.90 Å². The number of para-hydroxylation sites is 1. The largest absolute Gasteiger partial charge is 0.502 e. The molecule has 7 heteroatoms. The molecule has 0 aliphatic carbocycles. The van der Waals surface area contributed by atoms with Crippen molar-refractivity contribution in [3.05, 3.63) is 68.9 Å². The van der Waals surface area contributed by atoms with Gasteiger partial charge in [0.15, 0.2) is 5.76 Å². The van der Waals surface area contributed by atoms with E-state index in [1.165, 1.54) is 24.3 Å². The highest BCUT2D eigenvalue weighted by molar-refractivity contribution is 6.48. The van der Waals surface area contributed by atoms with Crippen LogP contribution in [0, 0.1) is 0 Å². The first-order valence-corrected chi connectivity index (χ1v) is 7.57. The second-order valence-electron chi connectivity index (χ2n) is 4.74. The third-order valence-electron chi connectivity index (χ3n) is 3.35. The van der Waals surface area contributed by atoms with Gasteiger partial charge in [-0.25, -0.2) is 4.90 Å². The highest BCUT2D eigenvalue weighted by atomic mass is 35.5. The summed E-state index contributed by atoms with van der Waals surface area (Å²) in [5.74, 6) is -2.24. The van der Waals surface area contributed by atoms with Gasteiger partial charge in [0, 0.05) is 10.6 Å². The molecule has 0 unspecified atom stereocenters. The van der Waals surface area contributed by atoms with Crippen LogP contribution in [0.2, 0.25) is 15.1 Å². The topological polar surface area (TPSA) is 57.6 Å². The van der Waals surface area contributed by atoms with Crippen molar-refractivity contribution in [1.29, 1.82) is 0 Å². The summed E-state index contributed by atoms with van der Waals surface area (Å²) in [6.07, 6.45) is 0. The lowest BCUT2D eigenvalue weighted by Gasteiger charge is -2.16. The molecule has 4 nitrogen and oxygen atoms in total. The third kappa shape index (κ3) is 2.59. The molecular formula is C16H8Cl3NO3. The number of nitrogens with zero attached hydrogens (tertiary/aromatic N) is 1. The molecule has 0 saturated heterocycles. The van der Waals surface area contributed by atoms with Crippen molar-refractivity contribution in [3.8, 4) is 0 Å². The van der Waals surface area contributed by atoms with E-state index >= 15 is 0 Å². The summed E-state index contributed by atoms with van der Waals surface area (Å²) >= 11 is 17.9. The number of halogens is 3. The Labute approximate surface area is 146 Å². The van der Waals surface area contributed by atoms with Crippen molar-refractivity contribution in [3.63, 3.8) is 0 Å². The number of hydrogen-bond donors (Lipinski definition) is 1. The van der Waals surface area contributed by atoms with Crippen LogP contribution in [0.1, 0.15) is 5.56 Å². The zero-order valence-corrected chi connectivity index (χ0v) is 13.7. The fraction of sp³-hybridized carbons (Fsp3) is 0. The second kappa shape index (κ2) is 5.89. The normalized spacial score (nSPS) is 14.8. The van der Waals surface area contributed by atoms with Gasteiger partial charge in [-0.15, -0.1) is 0 Å². The zero-order valence-electron chi connectivity index (χ0n) is 11.4. The summed E-state index contributed by atoms with van der Waals surface area (Å²) in [6.45, 7) is 0. The number of rotatable bonds is 2. The van der Waals surface area contributed by atoms with Gasteiger partial charge in [0.2, 0.25) is 0 Å². The van der Waals surface area contributed by atoms with E-state index in [-0.39, 0.29) is 26.9 Å². The molecule has 0 radical (unpaired) electrons. The molecule has 2 amide bonds. The van der Waals surface area contributed by atoms with Gasteiger partial charge in [-0.3, -0.25) is 9.59 Å². The minimum Gasteiger partial charge on any atom is -0.502 e. The quantitative estimate of drug-likeness (QED) is 0.795. The average molecular weight is 369 g/mol. The first-order chi connectivity index (χ1) is 10.9. The Hall–Kier alpha value is -2.01. The fourth-order valence-corrected chi connectivity index (χ4v) is 3.03. The van der Waals surface area contributed by atoms with Gasteiger partial charge < -0.3 is 5.11 Å². The number of carbonyl (C=O) groups is 2. The van der Waals surface area contributed by atoms with Crippen LogP contribution in [0.4, 0.5) is 5.69 Å². The summed E-state index contributed by atoms with van der Waals surface area (Å²) in [6, 6.07) is 10.8. The van der Waals surface area contributed by atoms with Crippen LogP contribution in [0.5, 0.6) is 0 Å². The summed E-state index contributed by atoms with van der Waals surface area (Å²) in [4.78, 5) is 25.8. The number of carbonyl (C=O) groups excluding carboxylic acids is 2. The van der Waals surface area contributed by atoms with E-state index in [9.17, 15) is 14.7 Å². The summed E-state index contributed by atoms with van der Waals surface area (Å²) in [5.41, 5.74) is 0.230. The molecule has 0 bridgehead atoms. The van der Waals surface area contributed by atoms with Gasteiger partial charge in [0.1, 0.15) is 0 Å². The number of aliphatic hydroxyl groups is 1. The van der Waals surface area contributed by atoms with Crippen LogP contribution in [-0.4, -0.2) is 16.9 Å². The first kappa shape index (κ1) is 15.9. The van der Waals surface area contributed by atoms with Gasteiger partial charge in [-0.1, -0.05) is 53.0 Å². The summed E-state index contributed by atoms with van der Waals surface area (Å²) < 4.78 is 0. The molecule has 1 aliphatic rings. The lowest BCUT2D eigenvalue weighted by molar-refractivity contribution is -0.121. The number of anilines is 1. The Morgan fingerprint density at radius 2 is 1.57 bits per heavy atom. The molecule has 0 saturated carbocycles. The molecular weight excluding hydrogens is 361 g/mol. The molecule has 116 valence electrons. The van der Waals surface area contributed by atoms with Crippen LogP contribution < -0.4 is 4.90 Å². The van der Waals surface area contributed by atoms with E-state index in [1.807, 2.05) is 0 Å². The van der Waals surface area contributed by atoms with Crippen molar-refractivity contribution >= 4 is 57.9 Å². The summed E-state index contributed by atoms with van der Waals surface area (Å²) in [5, 5.41) is 10.9. The van der Waals surface area contributed by atoms with Gasteiger partial charge >= 0.3 is 5.91 Å². The Morgan fingerprint density at radius 3 is 2.22 bits per heavy atom. The lowest BCUT2D eigenvalue weighted by atomic mass is 10.1. The molecule has 3 rings (SSSR count). The van der Waals surface area contributed by atoms with Crippen molar-refractivity contribution in [2.24, 2.45) is 0 Å². The van der Waals surface area contributed by atoms with Crippen LogP contribution in [-0.2, 0) is 9.59 Å². The fourth-order valence-electron chi connectivity index (χ4n) is 2.31. The smallest absolute Gasteiger partial charge is 0.301 e. The Morgan fingerprint density at radius 1 is 0.870 bits per heavy atom. The zero-order chi connectivity index (χ0) is 16.7. The maximum atomic E-state index is 12.7. The molecule has 0 aromatic heterocycles. The minimum atomic E-state index is -0.857. The monoisotopic (exact) mass is 367 g/mol. The third-order valence-corrected chi connectivity index (χ3v) is 4.22. The van der Waals surface area contributed by atoms with Crippen molar-refractivity contribution in [1.82, 2.24) is 0 Å². The molecule has 2 aromatic rings. The van der Waals surface area contributed by atoms with E-state index < -0.39 is 17.6 Å². The number of aliphatic hydroxyl groups excluding tert-OH is 1. The maximum Gasteiger partial charge on any atom is 0.301 e. The van der Waals surface area contributed by atoms with Crippen molar-refractivity contribution in [2.45, 2.75) is 0 Å². The molecule has 1 heterocycles. The van der Waals surface area contributed by atoms with Crippen molar-refractivity contribution < 1.29 is 14.7 Å². The molecule has 1 N–H and O–H groups in total. The second-order valence-corrected chi connectivity index (χ2v) is 6.00. The molecule has 0 fully saturated rings. The van der Waals surface area contributed by atoms with Gasteiger partial charge in [0.25, 0.3) is 5.91 Å². The minimum absolute atomic E-state index is 0.154. The molecule has 2 aromatic carbocycles. The Bertz CT molecular complexity index is 877. The molecule has 23 heavy (non-hydrogen) atoms. The van der Waals surface area contributed by atoms with Gasteiger partial charge in [-0.2, -0.15) is 0 Å². The van der Waals surface area contributed by atoms with Crippen LogP contribution in [0.25, 0.3) is 5.57 Å². The van der Waals surface area contributed by atoms with E-state index in [0.29, 0.717) is 5.02 Å². The Balaban J connectivity index is 2.12. The average Bonchev–Trinajstić information content (AvgIpc) is 2.71. The summed E-state index contributed by atoms with van der Waals surface area (Å²) in [7, 11) is 0. The number of benzene rings is 2. The highest BCUT2D eigenvalue weighted by Gasteiger charge is 2.41. The number of amides is 2.